The van der Waals surface area contributed by atoms with Gasteiger partial charge in [-0.2, -0.15) is 0 Å². The number of nitrogens with zero attached hydrogens (tertiary/aromatic N) is 1. The van der Waals surface area contributed by atoms with Crippen LogP contribution in [0, 0.1) is 0 Å². The first-order valence-electron chi connectivity index (χ1n) is 10.5. The molecule has 2 heterocycles. The quantitative estimate of drug-likeness (QED) is 0.468. The molecule has 29 heavy (non-hydrogen) atoms. The van der Waals surface area contributed by atoms with Crippen LogP contribution in [-0.2, 0) is 22.9 Å². The lowest BCUT2D eigenvalue weighted by Gasteiger charge is -2.23. The summed E-state index contributed by atoms with van der Waals surface area (Å²) in [5.41, 5.74) is 6.08. The largest absolute Gasteiger partial charge is 0.508 e. The zero-order chi connectivity index (χ0) is 19.8. The van der Waals surface area contributed by atoms with E-state index in [0.29, 0.717) is 19.1 Å². The van der Waals surface area contributed by atoms with E-state index in [-0.39, 0.29) is 5.75 Å². The van der Waals surface area contributed by atoms with Crippen LogP contribution < -0.4 is 4.74 Å². The predicted molar refractivity (Wildman–Crippen MR) is 112 cm³/mol. The molecule has 0 spiro atoms. The van der Waals surface area contributed by atoms with Crippen molar-refractivity contribution in [3.63, 3.8) is 0 Å². The normalized spacial score (nSPS) is 16.9. The van der Waals surface area contributed by atoms with Gasteiger partial charge in [-0.3, -0.25) is 0 Å². The lowest BCUT2D eigenvalue weighted by molar-refractivity contribution is -0.282. The Kier molecular flexibility index (Phi) is 4.94. The standard InChI is InChI=1S/C24H27NO4/c1-27-29-15-16-7-9-19-21(13-16)25-11-12-28-22-14-18(26)8-10-20(22)24(25)23(19)17-5-3-2-4-6-17/h7-10,13-14,17,26H,2-6,11-12,15H2,1H3. The molecule has 2 aromatic carbocycles. The molecule has 0 radical (unpaired) electrons. The number of aromatic hydroxyl groups is 1. The molecule has 0 bridgehead atoms. The second-order valence-electron chi connectivity index (χ2n) is 8.06. The molecule has 152 valence electrons. The van der Waals surface area contributed by atoms with Crippen LogP contribution in [0.3, 0.4) is 0 Å². The Bertz CT molecular complexity index is 1030. The zero-order valence-electron chi connectivity index (χ0n) is 16.8. The van der Waals surface area contributed by atoms with Crippen LogP contribution in [0.5, 0.6) is 11.5 Å². The minimum atomic E-state index is 0.242. The van der Waals surface area contributed by atoms with Crippen LogP contribution in [0.25, 0.3) is 22.2 Å². The van der Waals surface area contributed by atoms with E-state index in [1.54, 1.807) is 12.1 Å². The van der Waals surface area contributed by atoms with Crippen molar-refractivity contribution in [2.45, 2.75) is 51.2 Å². The molecule has 0 unspecified atom stereocenters. The van der Waals surface area contributed by atoms with Crippen molar-refractivity contribution in [3.8, 4) is 22.8 Å². The highest BCUT2D eigenvalue weighted by molar-refractivity contribution is 5.94. The van der Waals surface area contributed by atoms with Crippen LogP contribution in [0.15, 0.2) is 36.4 Å². The fourth-order valence-electron chi connectivity index (χ4n) is 5.04. The van der Waals surface area contributed by atoms with Gasteiger partial charge in [-0.1, -0.05) is 31.4 Å². The van der Waals surface area contributed by atoms with Gasteiger partial charge < -0.3 is 14.4 Å². The second kappa shape index (κ2) is 7.73. The van der Waals surface area contributed by atoms with Crippen LogP contribution in [0.1, 0.15) is 49.1 Å². The highest BCUT2D eigenvalue weighted by atomic mass is 17.2. The van der Waals surface area contributed by atoms with Crippen molar-refractivity contribution in [1.82, 2.24) is 4.57 Å². The SMILES string of the molecule is COOCc1ccc2c(C3CCCCC3)c3n(c2c1)CCOc1cc(O)ccc1-3. The van der Waals surface area contributed by atoms with E-state index in [1.807, 2.05) is 6.07 Å². The van der Waals surface area contributed by atoms with E-state index in [0.717, 1.165) is 23.4 Å². The molecular weight excluding hydrogens is 366 g/mol. The number of phenolic OH excluding ortho intramolecular Hbond substituents is 1. The predicted octanol–water partition coefficient (Wildman–Crippen LogP) is 5.53. The molecule has 5 heteroatoms. The third-order valence-corrected chi connectivity index (χ3v) is 6.32. The monoisotopic (exact) mass is 393 g/mol. The topological polar surface area (TPSA) is 52.9 Å². The molecule has 1 aromatic heterocycles. The minimum Gasteiger partial charge on any atom is -0.508 e. The molecular formula is C24H27NO4. The summed E-state index contributed by atoms with van der Waals surface area (Å²) in [4.78, 5) is 9.97. The number of hydrogen-bond donors (Lipinski definition) is 1. The lowest BCUT2D eigenvalue weighted by Crippen LogP contribution is -2.07. The molecule has 0 saturated heterocycles. The number of phenols is 1. The second-order valence-corrected chi connectivity index (χ2v) is 8.06. The maximum atomic E-state index is 9.99. The molecule has 5 nitrogen and oxygen atoms in total. The third kappa shape index (κ3) is 3.28. The van der Waals surface area contributed by atoms with Gasteiger partial charge in [-0.15, -0.1) is 0 Å². The van der Waals surface area contributed by atoms with Gasteiger partial charge in [0.05, 0.1) is 19.3 Å². The van der Waals surface area contributed by atoms with E-state index in [9.17, 15) is 5.11 Å². The summed E-state index contributed by atoms with van der Waals surface area (Å²) in [5.74, 6) is 1.57. The molecule has 1 saturated carbocycles. The number of rotatable bonds is 4. The van der Waals surface area contributed by atoms with Crippen molar-refractivity contribution in [2.24, 2.45) is 0 Å². The van der Waals surface area contributed by atoms with Gasteiger partial charge in [0.2, 0.25) is 0 Å². The van der Waals surface area contributed by atoms with E-state index in [2.05, 4.69) is 22.8 Å². The lowest BCUT2D eigenvalue weighted by atomic mass is 9.81. The Morgan fingerprint density at radius 3 is 2.79 bits per heavy atom. The number of benzene rings is 2. The minimum absolute atomic E-state index is 0.242. The maximum Gasteiger partial charge on any atom is 0.132 e. The summed E-state index contributed by atoms with van der Waals surface area (Å²) in [7, 11) is 1.53. The van der Waals surface area contributed by atoms with Crippen LogP contribution in [-0.4, -0.2) is 23.4 Å². The molecule has 5 rings (SSSR count). The zero-order valence-corrected chi connectivity index (χ0v) is 16.8. The number of fused-ring (bicyclic) bond motifs is 5. The highest BCUT2D eigenvalue weighted by Gasteiger charge is 2.29. The van der Waals surface area contributed by atoms with Crippen molar-refractivity contribution in [1.29, 1.82) is 0 Å². The molecule has 1 N–H and O–H groups in total. The van der Waals surface area contributed by atoms with E-state index >= 15 is 0 Å². The Balaban J connectivity index is 1.76. The number of hydrogen-bond acceptors (Lipinski definition) is 4. The van der Waals surface area contributed by atoms with Gasteiger partial charge in [0.15, 0.2) is 0 Å². The Morgan fingerprint density at radius 1 is 1.10 bits per heavy atom. The molecule has 1 aliphatic heterocycles. The van der Waals surface area contributed by atoms with Crippen molar-refractivity contribution in [2.75, 3.05) is 13.7 Å². The third-order valence-electron chi connectivity index (χ3n) is 6.32. The van der Waals surface area contributed by atoms with Crippen molar-refractivity contribution < 1.29 is 19.6 Å². The summed E-state index contributed by atoms with van der Waals surface area (Å²) in [5, 5.41) is 11.3. The average Bonchev–Trinajstić information content (AvgIpc) is 2.94. The molecule has 2 aliphatic rings. The number of ether oxygens (including phenoxy) is 1. The first-order chi connectivity index (χ1) is 14.3. The first kappa shape index (κ1) is 18.5. The van der Waals surface area contributed by atoms with Crippen LogP contribution in [0.4, 0.5) is 0 Å². The van der Waals surface area contributed by atoms with Crippen LogP contribution in [0.2, 0.25) is 0 Å². The summed E-state index contributed by atoms with van der Waals surface area (Å²) in [6, 6.07) is 12.1. The molecule has 0 amide bonds. The fraction of sp³-hybridized carbons (Fsp3) is 0.417. The van der Waals surface area contributed by atoms with Gasteiger partial charge in [-0.25, -0.2) is 9.78 Å². The Hall–Kier alpha value is -2.50. The summed E-state index contributed by atoms with van der Waals surface area (Å²) >= 11 is 0. The van der Waals surface area contributed by atoms with Gasteiger partial charge in [0.25, 0.3) is 0 Å². The first-order valence-corrected chi connectivity index (χ1v) is 10.5. The van der Waals surface area contributed by atoms with Gasteiger partial charge in [0, 0.05) is 22.5 Å². The Morgan fingerprint density at radius 2 is 1.97 bits per heavy atom. The van der Waals surface area contributed by atoms with E-state index in [1.165, 1.54) is 61.4 Å². The van der Waals surface area contributed by atoms with Gasteiger partial charge >= 0.3 is 0 Å². The highest BCUT2D eigenvalue weighted by Crippen LogP contribution is 2.47. The number of aromatic nitrogens is 1. The Labute approximate surface area is 170 Å². The molecule has 3 aromatic rings. The molecule has 0 atom stereocenters. The molecule has 1 fully saturated rings. The van der Waals surface area contributed by atoms with Crippen molar-refractivity contribution in [3.05, 3.63) is 47.5 Å². The van der Waals surface area contributed by atoms with Gasteiger partial charge in [-0.05, 0) is 48.1 Å². The molecule has 1 aliphatic carbocycles. The van der Waals surface area contributed by atoms with Crippen molar-refractivity contribution >= 4 is 10.9 Å². The van der Waals surface area contributed by atoms with E-state index < -0.39 is 0 Å². The van der Waals surface area contributed by atoms with E-state index in [4.69, 9.17) is 14.5 Å². The average molecular weight is 393 g/mol. The fourth-order valence-corrected chi connectivity index (χ4v) is 5.04. The smallest absolute Gasteiger partial charge is 0.132 e. The summed E-state index contributed by atoms with van der Waals surface area (Å²) in [6.45, 7) is 1.78. The summed E-state index contributed by atoms with van der Waals surface area (Å²) < 4.78 is 8.43. The van der Waals surface area contributed by atoms with Crippen LogP contribution >= 0.6 is 0 Å². The maximum absolute atomic E-state index is 9.99. The summed E-state index contributed by atoms with van der Waals surface area (Å²) in [6.07, 6.45) is 6.37. The van der Waals surface area contributed by atoms with Gasteiger partial charge in [0.1, 0.15) is 24.7 Å².